The molecule has 35 heavy (non-hydrogen) atoms. The number of aryl methyl sites for hydroxylation is 2. The van der Waals surface area contributed by atoms with Gasteiger partial charge in [0.1, 0.15) is 6.04 Å². The number of hydrogen-bond donors (Lipinski definition) is 1. The standard InChI is InChI=1S/C24H22Cl4N2O5/c1-10(2)7-14(24(34)35-9-15(31)29-13-6-5-11(3)8-12(13)4)30-22(32)16-17(23(30)33)19(26)21(28)20(27)18(16)25/h5-6,8,10,14H,7,9H2,1-4H3,(H,29,31). The highest BCUT2D eigenvalue weighted by atomic mass is 35.5. The van der Waals surface area contributed by atoms with E-state index in [1.165, 1.54) is 0 Å². The summed E-state index contributed by atoms with van der Waals surface area (Å²) >= 11 is 24.5. The van der Waals surface area contributed by atoms with Crippen molar-refractivity contribution >= 4 is 75.8 Å². The number of amides is 3. The minimum Gasteiger partial charge on any atom is -0.454 e. The number of ether oxygens (including phenoxy) is 1. The molecule has 1 aliphatic heterocycles. The van der Waals surface area contributed by atoms with Gasteiger partial charge in [-0.2, -0.15) is 0 Å². The minimum absolute atomic E-state index is 0.0830. The summed E-state index contributed by atoms with van der Waals surface area (Å²) in [5, 5.41) is 1.85. The molecule has 2 aromatic rings. The fourth-order valence-electron chi connectivity index (χ4n) is 3.78. The second kappa shape index (κ2) is 10.7. The van der Waals surface area contributed by atoms with Crippen molar-refractivity contribution in [1.82, 2.24) is 4.90 Å². The number of hydrogen-bond acceptors (Lipinski definition) is 5. The molecule has 0 saturated carbocycles. The molecule has 3 rings (SSSR count). The first-order valence-electron chi connectivity index (χ1n) is 10.6. The molecule has 1 unspecified atom stereocenters. The molecule has 1 heterocycles. The third kappa shape index (κ3) is 5.43. The Labute approximate surface area is 222 Å². The average Bonchev–Trinajstić information content (AvgIpc) is 3.04. The zero-order chi connectivity index (χ0) is 26.2. The molecule has 0 aliphatic carbocycles. The summed E-state index contributed by atoms with van der Waals surface area (Å²) in [6.45, 7) is 6.77. The number of anilines is 1. The third-order valence-corrected chi connectivity index (χ3v) is 7.21. The molecule has 1 N–H and O–H groups in total. The van der Waals surface area contributed by atoms with E-state index in [1.807, 2.05) is 26.0 Å². The summed E-state index contributed by atoms with van der Waals surface area (Å²) in [7, 11) is 0. The van der Waals surface area contributed by atoms with Crippen LogP contribution in [0.1, 0.15) is 52.1 Å². The number of esters is 1. The highest BCUT2D eigenvalue weighted by molar-refractivity contribution is 6.55. The molecule has 186 valence electrons. The Bertz CT molecular complexity index is 1200. The van der Waals surface area contributed by atoms with Crippen LogP contribution in [-0.2, 0) is 14.3 Å². The molecular weight excluding hydrogens is 538 g/mol. The first kappa shape index (κ1) is 27.3. The molecule has 1 atom stereocenters. The first-order chi connectivity index (χ1) is 16.3. The summed E-state index contributed by atoms with van der Waals surface area (Å²) < 4.78 is 5.20. The molecule has 0 aromatic heterocycles. The van der Waals surface area contributed by atoms with Gasteiger partial charge in [-0.1, -0.05) is 77.9 Å². The fraction of sp³-hybridized carbons (Fsp3) is 0.333. The van der Waals surface area contributed by atoms with E-state index in [2.05, 4.69) is 5.32 Å². The van der Waals surface area contributed by atoms with Crippen molar-refractivity contribution < 1.29 is 23.9 Å². The van der Waals surface area contributed by atoms with Gasteiger partial charge < -0.3 is 10.1 Å². The number of halogens is 4. The van der Waals surface area contributed by atoms with Gasteiger partial charge in [-0.15, -0.1) is 0 Å². The van der Waals surface area contributed by atoms with E-state index in [9.17, 15) is 19.2 Å². The van der Waals surface area contributed by atoms with Crippen molar-refractivity contribution in [3.8, 4) is 0 Å². The van der Waals surface area contributed by atoms with Crippen LogP contribution in [0.5, 0.6) is 0 Å². The maximum atomic E-state index is 13.2. The van der Waals surface area contributed by atoms with Crippen molar-refractivity contribution in [3.05, 3.63) is 60.5 Å². The molecule has 2 aromatic carbocycles. The van der Waals surface area contributed by atoms with Gasteiger partial charge in [0.2, 0.25) is 0 Å². The summed E-state index contributed by atoms with van der Waals surface area (Å²) in [6, 6.07) is 4.16. The fourth-order valence-corrected chi connectivity index (χ4v) is 4.79. The van der Waals surface area contributed by atoms with Crippen LogP contribution in [0.4, 0.5) is 5.69 Å². The van der Waals surface area contributed by atoms with Crippen LogP contribution < -0.4 is 5.32 Å². The number of carbonyl (C=O) groups excluding carboxylic acids is 4. The first-order valence-corrected chi connectivity index (χ1v) is 12.1. The minimum atomic E-state index is -1.32. The Morgan fingerprint density at radius 1 is 0.943 bits per heavy atom. The number of nitrogens with one attached hydrogen (secondary N) is 1. The lowest BCUT2D eigenvalue weighted by atomic mass is 10.0. The summed E-state index contributed by atoms with van der Waals surface area (Å²) in [5.41, 5.74) is 2.00. The highest BCUT2D eigenvalue weighted by Crippen LogP contribution is 2.45. The largest absolute Gasteiger partial charge is 0.454 e. The quantitative estimate of drug-likeness (QED) is 0.191. The van der Waals surface area contributed by atoms with Crippen LogP contribution in [0, 0.1) is 19.8 Å². The van der Waals surface area contributed by atoms with E-state index in [1.54, 1.807) is 19.9 Å². The number of carbonyl (C=O) groups is 4. The Morgan fingerprint density at radius 3 is 1.97 bits per heavy atom. The lowest BCUT2D eigenvalue weighted by Gasteiger charge is -2.26. The second-order valence-electron chi connectivity index (χ2n) is 8.61. The number of nitrogens with zero attached hydrogens (tertiary/aromatic N) is 1. The lowest BCUT2D eigenvalue weighted by Crippen LogP contribution is -2.47. The smallest absolute Gasteiger partial charge is 0.329 e. The Hall–Kier alpha value is -2.32. The normalized spacial score (nSPS) is 13.8. The molecule has 0 spiro atoms. The van der Waals surface area contributed by atoms with Gasteiger partial charge in [0.15, 0.2) is 6.61 Å². The maximum absolute atomic E-state index is 13.2. The van der Waals surface area contributed by atoms with Crippen LogP contribution in [0.3, 0.4) is 0 Å². The second-order valence-corrected chi connectivity index (χ2v) is 10.1. The molecule has 0 bridgehead atoms. The SMILES string of the molecule is Cc1ccc(NC(=O)COC(=O)C(CC(C)C)N2C(=O)c3c(Cl)c(Cl)c(Cl)c(Cl)c3C2=O)c(C)c1. The summed E-state index contributed by atoms with van der Waals surface area (Å²) in [4.78, 5) is 52.5. The number of rotatable bonds is 7. The zero-order valence-corrected chi connectivity index (χ0v) is 22.3. The van der Waals surface area contributed by atoms with Crippen molar-refractivity contribution in [2.75, 3.05) is 11.9 Å². The van der Waals surface area contributed by atoms with E-state index >= 15 is 0 Å². The Balaban J connectivity index is 1.82. The monoisotopic (exact) mass is 558 g/mol. The number of fused-ring (bicyclic) bond motifs is 1. The Kier molecular flexibility index (Phi) is 8.37. The molecule has 7 nitrogen and oxygen atoms in total. The van der Waals surface area contributed by atoms with Gasteiger partial charge in [0.05, 0.1) is 31.2 Å². The van der Waals surface area contributed by atoms with E-state index in [-0.39, 0.29) is 43.6 Å². The van der Waals surface area contributed by atoms with Crippen LogP contribution in [0.15, 0.2) is 18.2 Å². The van der Waals surface area contributed by atoms with Crippen molar-refractivity contribution in [3.63, 3.8) is 0 Å². The van der Waals surface area contributed by atoms with Crippen molar-refractivity contribution in [1.29, 1.82) is 0 Å². The zero-order valence-electron chi connectivity index (χ0n) is 19.3. The van der Waals surface area contributed by atoms with Gasteiger partial charge >= 0.3 is 5.97 Å². The Morgan fingerprint density at radius 2 is 1.49 bits per heavy atom. The van der Waals surface area contributed by atoms with E-state index in [4.69, 9.17) is 51.1 Å². The topological polar surface area (TPSA) is 92.8 Å². The predicted molar refractivity (Wildman–Crippen MR) is 136 cm³/mol. The van der Waals surface area contributed by atoms with Crippen molar-refractivity contribution in [2.24, 2.45) is 5.92 Å². The van der Waals surface area contributed by atoms with E-state index in [0.29, 0.717) is 5.69 Å². The van der Waals surface area contributed by atoms with Gasteiger partial charge in [-0.25, -0.2) is 4.79 Å². The van der Waals surface area contributed by atoms with Crippen LogP contribution in [0.25, 0.3) is 0 Å². The van der Waals surface area contributed by atoms with E-state index in [0.717, 1.165) is 16.0 Å². The van der Waals surface area contributed by atoms with E-state index < -0.39 is 36.3 Å². The number of benzene rings is 2. The summed E-state index contributed by atoms with van der Waals surface area (Å²) in [6.07, 6.45) is 0.0830. The molecule has 0 radical (unpaired) electrons. The van der Waals surface area contributed by atoms with Gasteiger partial charge in [0.25, 0.3) is 17.7 Å². The molecule has 0 saturated heterocycles. The van der Waals surface area contributed by atoms with Gasteiger partial charge in [-0.05, 0) is 37.8 Å². The average molecular weight is 560 g/mol. The third-order valence-electron chi connectivity index (χ3n) is 5.41. The predicted octanol–water partition coefficient (Wildman–Crippen LogP) is 6.11. The van der Waals surface area contributed by atoms with Gasteiger partial charge in [0, 0.05) is 5.69 Å². The van der Waals surface area contributed by atoms with Crippen LogP contribution in [-0.4, -0.2) is 41.2 Å². The molecule has 0 fully saturated rings. The highest BCUT2D eigenvalue weighted by Gasteiger charge is 2.47. The summed E-state index contributed by atoms with van der Waals surface area (Å²) in [5.74, 6) is -3.30. The lowest BCUT2D eigenvalue weighted by molar-refractivity contribution is -0.151. The maximum Gasteiger partial charge on any atom is 0.329 e. The molecule has 1 aliphatic rings. The van der Waals surface area contributed by atoms with Gasteiger partial charge in [-0.3, -0.25) is 19.3 Å². The molecule has 11 heteroatoms. The van der Waals surface area contributed by atoms with Crippen LogP contribution >= 0.6 is 46.4 Å². The number of imide groups is 1. The molecule has 3 amide bonds. The van der Waals surface area contributed by atoms with Crippen LogP contribution in [0.2, 0.25) is 20.1 Å². The molecular formula is C24H22Cl4N2O5. The van der Waals surface area contributed by atoms with Crippen molar-refractivity contribution in [2.45, 2.75) is 40.2 Å².